The summed E-state index contributed by atoms with van der Waals surface area (Å²) in [6.45, 7) is 2.38. The van der Waals surface area contributed by atoms with E-state index in [1.165, 1.54) is 12.3 Å². The van der Waals surface area contributed by atoms with E-state index >= 15 is 0 Å². The van der Waals surface area contributed by atoms with Crippen LogP contribution in [0.25, 0.3) is 0 Å². The van der Waals surface area contributed by atoms with Gasteiger partial charge in [-0.3, -0.25) is 4.98 Å². The lowest BCUT2D eigenvalue weighted by atomic mass is 9.92. The fourth-order valence-electron chi connectivity index (χ4n) is 5.53. The highest BCUT2D eigenvalue weighted by molar-refractivity contribution is 5.60. The number of nitrogens with zero attached hydrogens (tertiary/aromatic N) is 6. The fourth-order valence-corrected chi connectivity index (χ4v) is 5.53. The molecule has 1 aliphatic carbocycles. The molecule has 4 heterocycles. The number of pyridine rings is 1. The van der Waals surface area contributed by atoms with Crippen LogP contribution in [-0.4, -0.2) is 45.4 Å². The van der Waals surface area contributed by atoms with Gasteiger partial charge in [0.15, 0.2) is 11.6 Å². The Morgan fingerprint density at radius 3 is 2.40 bits per heavy atom. The van der Waals surface area contributed by atoms with Crippen LogP contribution in [0.1, 0.15) is 18.5 Å². The van der Waals surface area contributed by atoms with E-state index in [9.17, 15) is 22.0 Å². The molecule has 0 amide bonds. The van der Waals surface area contributed by atoms with Crippen LogP contribution in [0, 0.1) is 23.5 Å². The number of alkyl halides is 3. The molecule has 2 aliphatic heterocycles. The molecule has 3 aliphatic rings. The van der Waals surface area contributed by atoms with Gasteiger partial charge in [0.25, 0.3) is 0 Å². The molecule has 3 atom stereocenters. The minimum absolute atomic E-state index is 0.106. The third kappa shape index (κ3) is 3.94. The Hall–Kier alpha value is -3.44. The lowest BCUT2D eigenvalue weighted by Gasteiger charge is -2.39. The highest BCUT2D eigenvalue weighted by Crippen LogP contribution is 2.41. The van der Waals surface area contributed by atoms with E-state index < -0.39 is 23.5 Å². The zero-order valence-electron chi connectivity index (χ0n) is 18.5. The maximum atomic E-state index is 13.7. The maximum absolute atomic E-state index is 13.7. The molecular weight excluding hydrogens is 469 g/mol. The molecule has 2 bridgehead atoms. The quantitative estimate of drug-likeness (QED) is 0.545. The molecule has 1 aromatic carbocycles. The minimum Gasteiger partial charge on any atom is -0.371 e. The predicted molar refractivity (Wildman–Crippen MR) is 118 cm³/mol. The van der Waals surface area contributed by atoms with Crippen LogP contribution in [-0.2, 0) is 12.7 Å². The van der Waals surface area contributed by atoms with Crippen molar-refractivity contribution in [1.82, 2.24) is 19.7 Å². The summed E-state index contributed by atoms with van der Waals surface area (Å²) in [5.74, 6) is -0.335. The summed E-state index contributed by atoms with van der Waals surface area (Å²) >= 11 is 0. The number of nitrogens with one attached hydrogen (secondary N) is 1. The Labute approximate surface area is 197 Å². The topological polar surface area (TPSA) is 62.1 Å². The number of aromatic nitrogens is 4. The minimum atomic E-state index is -4.48. The van der Waals surface area contributed by atoms with Gasteiger partial charge in [-0.2, -0.15) is 18.2 Å². The van der Waals surface area contributed by atoms with Gasteiger partial charge < -0.3 is 15.1 Å². The molecule has 3 aromatic rings. The van der Waals surface area contributed by atoms with Crippen molar-refractivity contribution in [3.8, 4) is 0 Å². The predicted octanol–water partition coefficient (Wildman–Crippen LogP) is 4.45. The number of halogens is 5. The van der Waals surface area contributed by atoms with Gasteiger partial charge in [-0.1, -0.05) is 0 Å². The average molecular weight is 491 g/mol. The number of fused-ring (bicyclic) bond motifs is 3. The summed E-state index contributed by atoms with van der Waals surface area (Å²) in [6.07, 6.45) is -1.34. The van der Waals surface area contributed by atoms with Gasteiger partial charge >= 0.3 is 6.18 Å². The largest absolute Gasteiger partial charge is 0.433 e. The second-order valence-corrected chi connectivity index (χ2v) is 9.28. The van der Waals surface area contributed by atoms with Crippen molar-refractivity contribution in [3.05, 3.63) is 53.9 Å². The number of hydrogen-bond donors (Lipinski definition) is 1. The highest BCUT2D eigenvalue weighted by Gasteiger charge is 2.43. The van der Waals surface area contributed by atoms with Crippen LogP contribution in [0.5, 0.6) is 0 Å². The number of hydrogen-bond acceptors (Lipinski definition) is 6. The van der Waals surface area contributed by atoms with Gasteiger partial charge in [0.05, 0.1) is 6.54 Å². The Balaban J connectivity index is 1.17. The zero-order valence-corrected chi connectivity index (χ0v) is 18.5. The SMILES string of the molecule is Fc1ccc(N2CCn3nc(N[C@H]4[C@@H]5CC[C@H]4CN(c4ccnc(C(F)(F)F)c4)C5)nc32)cc1F. The van der Waals surface area contributed by atoms with Crippen molar-refractivity contribution in [3.63, 3.8) is 0 Å². The Morgan fingerprint density at radius 1 is 0.914 bits per heavy atom. The maximum Gasteiger partial charge on any atom is 0.433 e. The number of piperidine rings is 1. The molecule has 184 valence electrons. The first-order valence-electron chi connectivity index (χ1n) is 11.5. The van der Waals surface area contributed by atoms with Crippen LogP contribution < -0.4 is 15.1 Å². The number of benzene rings is 1. The van der Waals surface area contributed by atoms with Crippen molar-refractivity contribution in [2.24, 2.45) is 11.8 Å². The van der Waals surface area contributed by atoms with Crippen molar-refractivity contribution >= 4 is 23.3 Å². The molecule has 2 aromatic heterocycles. The van der Waals surface area contributed by atoms with Crippen LogP contribution >= 0.6 is 0 Å². The van der Waals surface area contributed by atoms with Crippen LogP contribution in [0.15, 0.2) is 36.5 Å². The third-order valence-corrected chi connectivity index (χ3v) is 7.17. The Kier molecular flexibility index (Phi) is 5.08. The third-order valence-electron chi connectivity index (χ3n) is 7.17. The van der Waals surface area contributed by atoms with Gasteiger partial charge in [-0.15, -0.1) is 5.10 Å². The molecule has 35 heavy (non-hydrogen) atoms. The Bertz CT molecular complexity index is 1250. The van der Waals surface area contributed by atoms with E-state index in [1.807, 2.05) is 4.90 Å². The highest BCUT2D eigenvalue weighted by atomic mass is 19.4. The molecule has 1 saturated carbocycles. The number of rotatable bonds is 4. The smallest absolute Gasteiger partial charge is 0.371 e. The standard InChI is InChI=1S/C23H22F5N7/c24-17-4-3-16(9-18(17)25)34-7-8-35-22(34)31-21(32-35)30-20-13-1-2-14(20)12-33(11-13)15-5-6-29-19(10-15)23(26,27)28/h3-6,9-10,13-14,20H,1-2,7-8,11-12H2,(H,30,32)/t13-,14+,20+. The van der Waals surface area contributed by atoms with Gasteiger partial charge in [0, 0.05) is 49.3 Å². The van der Waals surface area contributed by atoms with Gasteiger partial charge in [-0.25, -0.2) is 13.5 Å². The van der Waals surface area contributed by atoms with Gasteiger partial charge in [-0.05, 0) is 48.9 Å². The summed E-state index contributed by atoms with van der Waals surface area (Å²) in [7, 11) is 0. The van der Waals surface area contributed by atoms with E-state index in [-0.39, 0.29) is 17.9 Å². The lowest BCUT2D eigenvalue weighted by molar-refractivity contribution is -0.141. The Morgan fingerprint density at radius 2 is 1.69 bits per heavy atom. The summed E-state index contributed by atoms with van der Waals surface area (Å²) in [6, 6.07) is 6.59. The summed E-state index contributed by atoms with van der Waals surface area (Å²) in [4.78, 5) is 11.9. The molecule has 0 spiro atoms. The van der Waals surface area contributed by atoms with E-state index in [0.29, 0.717) is 49.5 Å². The van der Waals surface area contributed by atoms with Crippen LogP contribution in [0.2, 0.25) is 0 Å². The average Bonchev–Trinajstić information content (AvgIpc) is 3.46. The molecule has 1 saturated heterocycles. The van der Waals surface area contributed by atoms with E-state index in [2.05, 4.69) is 20.4 Å². The molecule has 12 heteroatoms. The molecule has 0 radical (unpaired) electrons. The van der Waals surface area contributed by atoms with Crippen LogP contribution in [0.3, 0.4) is 0 Å². The van der Waals surface area contributed by atoms with E-state index in [0.717, 1.165) is 31.0 Å². The van der Waals surface area contributed by atoms with Crippen molar-refractivity contribution < 1.29 is 22.0 Å². The van der Waals surface area contributed by atoms with E-state index in [4.69, 9.17) is 0 Å². The normalized spacial score (nSPS) is 23.6. The van der Waals surface area contributed by atoms with Gasteiger partial charge in [0.1, 0.15) is 5.69 Å². The van der Waals surface area contributed by atoms with E-state index in [1.54, 1.807) is 15.6 Å². The molecule has 6 rings (SSSR count). The van der Waals surface area contributed by atoms with Crippen molar-refractivity contribution in [2.75, 3.05) is 34.8 Å². The zero-order chi connectivity index (χ0) is 24.3. The van der Waals surface area contributed by atoms with Gasteiger partial charge in [0.2, 0.25) is 11.9 Å². The summed E-state index contributed by atoms with van der Waals surface area (Å²) < 4.78 is 68.1. The number of anilines is 4. The molecule has 1 N–H and O–H groups in total. The first kappa shape index (κ1) is 22.1. The first-order valence-corrected chi connectivity index (χ1v) is 11.5. The van der Waals surface area contributed by atoms with Crippen molar-refractivity contribution in [2.45, 2.75) is 31.6 Å². The molecule has 2 fully saturated rings. The van der Waals surface area contributed by atoms with Crippen LogP contribution in [0.4, 0.5) is 45.2 Å². The summed E-state index contributed by atoms with van der Waals surface area (Å²) in [5, 5.41) is 8.00. The molecule has 7 nitrogen and oxygen atoms in total. The second-order valence-electron chi connectivity index (χ2n) is 9.28. The fraction of sp³-hybridized carbons (Fsp3) is 0.435. The summed E-state index contributed by atoms with van der Waals surface area (Å²) in [5.41, 5.74) is 0.152. The monoisotopic (exact) mass is 491 g/mol. The first-order chi connectivity index (χ1) is 16.8. The second kappa shape index (κ2) is 8.06. The molecule has 0 unspecified atom stereocenters. The lowest BCUT2D eigenvalue weighted by Crippen LogP contribution is -2.48. The van der Waals surface area contributed by atoms with Crippen molar-refractivity contribution in [1.29, 1.82) is 0 Å². The molecular formula is C23H22F5N7.